The van der Waals surface area contributed by atoms with Crippen molar-refractivity contribution in [1.29, 1.82) is 0 Å². The molecule has 110 valence electrons. The van der Waals surface area contributed by atoms with Gasteiger partial charge in [-0.15, -0.1) is 0 Å². The van der Waals surface area contributed by atoms with Gasteiger partial charge in [0.25, 0.3) is 0 Å². The van der Waals surface area contributed by atoms with Crippen LogP contribution in [0, 0.1) is 0 Å². The largest absolute Gasteiger partial charge is 0.479 e. The molecular formula is C16H23NO3. The number of nitrogens with two attached hydrogens (primary N) is 1. The van der Waals surface area contributed by atoms with Crippen LogP contribution in [-0.4, -0.2) is 18.7 Å². The van der Waals surface area contributed by atoms with Gasteiger partial charge < -0.3 is 15.2 Å². The minimum absolute atomic E-state index is 0.135. The van der Waals surface area contributed by atoms with Gasteiger partial charge in [0.1, 0.15) is 5.75 Å². The molecule has 4 nitrogen and oxygen atoms in total. The molecule has 2 unspecified atom stereocenters. The van der Waals surface area contributed by atoms with Gasteiger partial charge in [0.05, 0.1) is 6.61 Å². The van der Waals surface area contributed by atoms with Gasteiger partial charge in [0, 0.05) is 6.04 Å². The topological polar surface area (TPSA) is 61.5 Å². The first-order valence-corrected chi connectivity index (χ1v) is 7.37. The van der Waals surface area contributed by atoms with Crippen molar-refractivity contribution < 1.29 is 14.3 Å². The minimum Gasteiger partial charge on any atom is -0.479 e. The van der Waals surface area contributed by atoms with Gasteiger partial charge in [-0.1, -0.05) is 19.4 Å². The number of ether oxygens (including phenoxy) is 2. The molecule has 0 amide bonds. The molecule has 2 atom stereocenters. The zero-order valence-electron chi connectivity index (χ0n) is 12.2. The molecule has 1 aliphatic rings. The van der Waals surface area contributed by atoms with Gasteiger partial charge >= 0.3 is 5.97 Å². The molecule has 0 spiro atoms. The van der Waals surface area contributed by atoms with Crippen molar-refractivity contribution in [2.75, 3.05) is 6.61 Å². The third kappa shape index (κ3) is 3.31. The Morgan fingerprint density at radius 1 is 1.45 bits per heavy atom. The van der Waals surface area contributed by atoms with E-state index in [2.05, 4.69) is 0 Å². The Balaban J connectivity index is 2.09. The highest BCUT2D eigenvalue weighted by molar-refractivity contribution is 5.75. The highest BCUT2D eigenvalue weighted by Gasteiger charge is 2.23. The number of rotatable bonds is 6. The zero-order valence-corrected chi connectivity index (χ0v) is 12.2. The van der Waals surface area contributed by atoms with Crippen LogP contribution < -0.4 is 10.5 Å². The fraction of sp³-hybridized carbons (Fsp3) is 0.562. The second kappa shape index (κ2) is 6.75. The molecule has 0 bridgehead atoms. The molecule has 2 rings (SSSR count). The Bertz CT molecular complexity index is 473. The fourth-order valence-electron chi connectivity index (χ4n) is 2.59. The molecule has 0 heterocycles. The van der Waals surface area contributed by atoms with Crippen molar-refractivity contribution in [3.8, 4) is 5.75 Å². The van der Waals surface area contributed by atoms with Crippen LogP contribution in [0.3, 0.4) is 0 Å². The lowest BCUT2D eigenvalue weighted by Gasteiger charge is -2.17. The van der Waals surface area contributed by atoms with Gasteiger partial charge in [0.15, 0.2) is 6.10 Å². The van der Waals surface area contributed by atoms with Gasteiger partial charge in [-0.3, -0.25) is 0 Å². The van der Waals surface area contributed by atoms with Crippen LogP contribution >= 0.6 is 0 Å². The average molecular weight is 277 g/mol. The summed E-state index contributed by atoms with van der Waals surface area (Å²) in [5.41, 5.74) is 8.44. The smallest absolute Gasteiger partial charge is 0.347 e. The van der Waals surface area contributed by atoms with Gasteiger partial charge in [-0.25, -0.2) is 4.79 Å². The van der Waals surface area contributed by atoms with E-state index in [0.717, 1.165) is 25.0 Å². The lowest BCUT2D eigenvalue weighted by molar-refractivity contribution is -0.151. The normalized spacial score (nSPS) is 18.4. The molecule has 0 saturated carbocycles. The SMILES string of the molecule is CCCC(Oc1ccc2c(c1)CCC2N)C(=O)OCC. The van der Waals surface area contributed by atoms with Crippen molar-refractivity contribution in [2.45, 2.75) is 51.7 Å². The summed E-state index contributed by atoms with van der Waals surface area (Å²) in [4.78, 5) is 11.9. The summed E-state index contributed by atoms with van der Waals surface area (Å²) in [5, 5.41) is 0. The fourth-order valence-corrected chi connectivity index (χ4v) is 2.59. The molecule has 0 aromatic heterocycles. The van der Waals surface area contributed by atoms with E-state index >= 15 is 0 Å². The van der Waals surface area contributed by atoms with Crippen molar-refractivity contribution >= 4 is 5.97 Å². The minimum atomic E-state index is -0.520. The molecule has 0 fully saturated rings. The lowest BCUT2D eigenvalue weighted by atomic mass is 10.1. The van der Waals surface area contributed by atoms with E-state index in [0.29, 0.717) is 13.0 Å². The van der Waals surface area contributed by atoms with Crippen molar-refractivity contribution in [3.05, 3.63) is 29.3 Å². The molecule has 0 aliphatic heterocycles. The van der Waals surface area contributed by atoms with E-state index in [-0.39, 0.29) is 12.0 Å². The van der Waals surface area contributed by atoms with Crippen LogP contribution in [0.25, 0.3) is 0 Å². The summed E-state index contributed by atoms with van der Waals surface area (Å²) < 4.78 is 10.9. The monoisotopic (exact) mass is 277 g/mol. The molecule has 0 saturated heterocycles. The molecule has 0 radical (unpaired) electrons. The maximum Gasteiger partial charge on any atom is 0.347 e. The third-order valence-corrected chi connectivity index (χ3v) is 3.62. The van der Waals surface area contributed by atoms with E-state index in [9.17, 15) is 4.79 Å². The Kier molecular flexibility index (Phi) is 5.01. The van der Waals surface area contributed by atoms with Crippen LogP contribution in [0.4, 0.5) is 0 Å². The van der Waals surface area contributed by atoms with Crippen LogP contribution in [0.5, 0.6) is 5.75 Å². The van der Waals surface area contributed by atoms with Crippen molar-refractivity contribution in [1.82, 2.24) is 0 Å². The quantitative estimate of drug-likeness (QED) is 0.812. The summed E-state index contributed by atoms with van der Waals surface area (Å²) >= 11 is 0. The Hall–Kier alpha value is -1.55. The lowest BCUT2D eigenvalue weighted by Crippen LogP contribution is -2.29. The van der Waals surface area contributed by atoms with Gasteiger partial charge in [-0.2, -0.15) is 0 Å². The number of fused-ring (bicyclic) bond motifs is 1. The number of carbonyl (C=O) groups excluding carboxylic acids is 1. The van der Waals surface area contributed by atoms with E-state index in [1.165, 1.54) is 11.1 Å². The number of esters is 1. The highest BCUT2D eigenvalue weighted by atomic mass is 16.6. The Morgan fingerprint density at radius 2 is 2.25 bits per heavy atom. The van der Waals surface area contributed by atoms with Crippen LogP contribution in [-0.2, 0) is 16.0 Å². The summed E-state index contributed by atoms with van der Waals surface area (Å²) in [6.07, 6.45) is 2.98. The number of aryl methyl sites for hydroxylation is 1. The van der Waals surface area contributed by atoms with Gasteiger partial charge in [-0.05, 0) is 49.4 Å². The molecule has 1 aromatic carbocycles. The molecule has 1 aromatic rings. The first-order chi connectivity index (χ1) is 9.65. The van der Waals surface area contributed by atoms with E-state index in [1.54, 1.807) is 6.92 Å². The summed E-state index contributed by atoms with van der Waals surface area (Å²) in [6, 6.07) is 6.04. The standard InChI is InChI=1S/C16H23NO3/c1-3-5-15(16(18)19-4-2)20-12-7-8-13-11(10-12)6-9-14(13)17/h7-8,10,14-15H,3-6,9,17H2,1-2H3. The Morgan fingerprint density at radius 3 is 2.95 bits per heavy atom. The molecule has 2 N–H and O–H groups in total. The molecule has 1 aliphatic carbocycles. The zero-order chi connectivity index (χ0) is 14.5. The number of carbonyl (C=O) groups is 1. The Labute approximate surface area is 120 Å². The maximum atomic E-state index is 11.9. The second-order valence-electron chi connectivity index (χ2n) is 5.15. The number of hydrogen-bond donors (Lipinski definition) is 1. The first-order valence-electron chi connectivity index (χ1n) is 7.37. The van der Waals surface area contributed by atoms with Crippen LogP contribution in [0.15, 0.2) is 18.2 Å². The summed E-state index contributed by atoms with van der Waals surface area (Å²) in [6.45, 7) is 4.20. The van der Waals surface area contributed by atoms with E-state index in [4.69, 9.17) is 15.2 Å². The van der Waals surface area contributed by atoms with E-state index < -0.39 is 6.10 Å². The van der Waals surface area contributed by atoms with Crippen molar-refractivity contribution in [2.24, 2.45) is 5.73 Å². The predicted octanol–water partition coefficient (Wildman–Crippen LogP) is 2.74. The average Bonchev–Trinajstić information content (AvgIpc) is 2.80. The summed E-state index contributed by atoms with van der Waals surface area (Å²) in [5.74, 6) is 0.441. The maximum absolute atomic E-state index is 11.9. The van der Waals surface area contributed by atoms with Crippen LogP contribution in [0.1, 0.15) is 50.3 Å². The van der Waals surface area contributed by atoms with Crippen LogP contribution in [0.2, 0.25) is 0 Å². The summed E-state index contributed by atoms with van der Waals surface area (Å²) in [7, 11) is 0. The van der Waals surface area contributed by atoms with E-state index in [1.807, 2.05) is 25.1 Å². The number of benzene rings is 1. The first kappa shape index (κ1) is 14.9. The predicted molar refractivity (Wildman–Crippen MR) is 77.6 cm³/mol. The molecule has 20 heavy (non-hydrogen) atoms. The third-order valence-electron chi connectivity index (χ3n) is 3.62. The number of hydrogen-bond acceptors (Lipinski definition) is 4. The molecular weight excluding hydrogens is 254 g/mol. The molecule has 4 heteroatoms. The second-order valence-corrected chi connectivity index (χ2v) is 5.15. The van der Waals surface area contributed by atoms with Gasteiger partial charge in [0.2, 0.25) is 0 Å². The highest BCUT2D eigenvalue weighted by Crippen LogP contribution is 2.32. The van der Waals surface area contributed by atoms with Crippen molar-refractivity contribution in [3.63, 3.8) is 0 Å².